The Labute approximate surface area is 370 Å². The van der Waals surface area contributed by atoms with Crippen molar-refractivity contribution in [2.75, 3.05) is 18.5 Å². The number of amides is 1. The summed E-state index contributed by atoms with van der Waals surface area (Å²) in [4.78, 5) is 30.7. The van der Waals surface area contributed by atoms with E-state index in [0.717, 1.165) is 78.8 Å². The van der Waals surface area contributed by atoms with Crippen LogP contribution in [-0.2, 0) is 34.4 Å². The third-order valence-electron chi connectivity index (χ3n) is 13.6. The monoisotopic (exact) mass is 855 g/mol. The standard InChI is InChI=1S/C51H58ClN5O5/c1-33(32-62-46-17-22-53-45-13-4-8-34(2)48(45)46)24-40-27-38-15-16-43(29-44(38)50(40)18-20-51(21-19-50,49(59)60)56-42-12-6-11-41(52)28-42)61-23-7-14-47(58)54-30-36-9-5-10-37(26-36)39-25-35(3)57-55-31-39/h5-6,9-12,15-17,22,25-26,28-29,31,33-34,40,56H,4,7-8,13-14,18-21,23-24,27,30,32H2,1-3H3,(H,54,58)(H,59,60)/t33-,34-,40+,50?,51?/m1/s1. The molecule has 0 aliphatic heterocycles. The Hall–Kier alpha value is -5.48. The van der Waals surface area contributed by atoms with Crippen LogP contribution in [0.25, 0.3) is 11.1 Å². The van der Waals surface area contributed by atoms with E-state index in [0.29, 0.717) is 68.0 Å². The number of aliphatic carboxylic acids is 1. The first kappa shape index (κ1) is 43.2. The van der Waals surface area contributed by atoms with Gasteiger partial charge in [0.05, 0.1) is 25.1 Å². The molecule has 2 aromatic heterocycles. The zero-order valence-electron chi connectivity index (χ0n) is 36.1. The number of carboxylic acid groups (broad SMARTS) is 1. The van der Waals surface area contributed by atoms with Gasteiger partial charge in [-0.25, -0.2) is 4.79 Å². The fraction of sp³-hybridized carbons (Fsp3) is 0.431. The normalized spacial score (nSPS) is 22.0. The summed E-state index contributed by atoms with van der Waals surface area (Å²) in [7, 11) is 0. The molecule has 5 aromatic rings. The number of ether oxygens (including phenoxy) is 2. The quantitative estimate of drug-likeness (QED) is 0.0829. The van der Waals surface area contributed by atoms with E-state index in [9.17, 15) is 14.7 Å². The van der Waals surface area contributed by atoms with Crippen LogP contribution < -0.4 is 20.1 Å². The van der Waals surface area contributed by atoms with E-state index in [4.69, 9.17) is 21.1 Å². The lowest BCUT2D eigenvalue weighted by Crippen LogP contribution is -2.53. The number of hydrogen-bond acceptors (Lipinski definition) is 8. The number of carbonyl (C=O) groups is 2. The van der Waals surface area contributed by atoms with E-state index in [2.05, 4.69) is 57.9 Å². The molecule has 3 aliphatic carbocycles. The number of rotatable bonds is 16. The summed E-state index contributed by atoms with van der Waals surface area (Å²) >= 11 is 6.32. The lowest BCUT2D eigenvalue weighted by molar-refractivity contribution is -0.144. The highest BCUT2D eigenvalue weighted by Crippen LogP contribution is 2.57. The van der Waals surface area contributed by atoms with Crippen LogP contribution in [0.1, 0.15) is 111 Å². The van der Waals surface area contributed by atoms with Gasteiger partial charge in [0, 0.05) is 46.7 Å². The second kappa shape index (κ2) is 18.9. The molecule has 324 valence electrons. The van der Waals surface area contributed by atoms with E-state index in [1.54, 1.807) is 18.3 Å². The maximum absolute atomic E-state index is 13.1. The van der Waals surface area contributed by atoms with Crippen molar-refractivity contribution in [2.24, 2.45) is 11.8 Å². The van der Waals surface area contributed by atoms with Crippen LogP contribution in [0.4, 0.5) is 5.69 Å². The molecule has 0 saturated heterocycles. The number of fused-ring (bicyclic) bond motifs is 3. The van der Waals surface area contributed by atoms with Crippen molar-refractivity contribution >= 4 is 29.2 Å². The molecule has 1 amide bonds. The maximum atomic E-state index is 13.1. The molecule has 1 saturated carbocycles. The van der Waals surface area contributed by atoms with E-state index in [1.165, 1.54) is 22.4 Å². The molecule has 10 nitrogen and oxygen atoms in total. The van der Waals surface area contributed by atoms with Crippen LogP contribution in [0.15, 0.2) is 91.3 Å². The zero-order chi connectivity index (χ0) is 43.3. The number of pyridine rings is 1. The first-order valence-electron chi connectivity index (χ1n) is 22.3. The summed E-state index contributed by atoms with van der Waals surface area (Å²) in [6, 6.07) is 25.9. The fourth-order valence-electron chi connectivity index (χ4n) is 10.4. The molecule has 0 unspecified atom stereocenters. The van der Waals surface area contributed by atoms with Gasteiger partial charge in [-0.05, 0) is 165 Å². The van der Waals surface area contributed by atoms with E-state index in [-0.39, 0.29) is 17.2 Å². The molecule has 0 radical (unpaired) electrons. The second-order valence-corrected chi connectivity index (χ2v) is 18.5. The maximum Gasteiger partial charge on any atom is 0.329 e. The summed E-state index contributed by atoms with van der Waals surface area (Å²) < 4.78 is 12.9. The van der Waals surface area contributed by atoms with Crippen molar-refractivity contribution in [3.63, 3.8) is 0 Å². The average molecular weight is 857 g/mol. The van der Waals surface area contributed by atoms with Crippen LogP contribution in [0.2, 0.25) is 5.02 Å². The van der Waals surface area contributed by atoms with Crippen molar-refractivity contribution in [3.05, 3.63) is 130 Å². The number of anilines is 1. The first-order valence-corrected chi connectivity index (χ1v) is 22.7. The summed E-state index contributed by atoms with van der Waals surface area (Å²) in [6.45, 7) is 7.93. The molecular formula is C51H58ClN5O5. The lowest BCUT2D eigenvalue weighted by Gasteiger charge is -2.47. The van der Waals surface area contributed by atoms with Crippen molar-refractivity contribution in [3.8, 4) is 22.6 Å². The second-order valence-electron chi connectivity index (χ2n) is 18.0. The number of carboxylic acids is 1. The van der Waals surface area contributed by atoms with Crippen molar-refractivity contribution in [2.45, 2.75) is 115 Å². The summed E-state index contributed by atoms with van der Waals surface area (Å²) in [5.41, 5.74) is 8.29. The molecule has 8 rings (SSSR count). The van der Waals surface area contributed by atoms with Crippen LogP contribution in [0.3, 0.4) is 0 Å². The Bertz CT molecular complexity index is 2400. The molecule has 3 aromatic carbocycles. The average Bonchev–Trinajstić information content (AvgIpc) is 3.55. The van der Waals surface area contributed by atoms with Crippen molar-refractivity contribution in [1.82, 2.24) is 20.5 Å². The highest BCUT2D eigenvalue weighted by molar-refractivity contribution is 6.30. The van der Waals surface area contributed by atoms with Gasteiger partial charge in [-0.3, -0.25) is 9.78 Å². The smallest absolute Gasteiger partial charge is 0.329 e. The minimum atomic E-state index is -1.11. The number of halogens is 1. The molecule has 1 fully saturated rings. The third kappa shape index (κ3) is 9.60. The number of aryl methyl sites for hydroxylation is 2. The highest BCUT2D eigenvalue weighted by Gasteiger charge is 2.54. The topological polar surface area (TPSA) is 136 Å². The van der Waals surface area contributed by atoms with Gasteiger partial charge < -0.3 is 25.2 Å². The Balaban J connectivity index is 0.928. The molecule has 3 atom stereocenters. The predicted octanol–water partition coefficient (Wildman–Crippen LogP) is 10.4. The number of aromatic nitrogens is 3. The Kier molecular flexibility index (Phi) is 13.1. The molecule has 3 aliphatic rings. The van der Waals surface area contributed by atoms with E-state index in [1.807, 2.05) is 61.7 Å². The molecule has 11 heteroatoms. The molecule has 3 N–H and O–H groups in total. The van der Waals surface area contributed by atoms with Crippen LogP contribution in [0.5, 0.6) is 11.5 Å². The van der Waals surface area contributed by atoms with E-state index >= 15 is 0 Å². The van der Waals surface area contributed by atoms with Gasteiger partial charge in [-0.2, -0.15) is 10.2 Å². The first-order chi connectivity index (χ1) is 30.0. The van der Waals surface area contributed by atoms with Crippen molar-refractivity contribution < 1.29 is 24.2 Å². The fourth-order valence-corrected chi connectivity index (χ4v) is 10.6. The van der Waals surface area contributed by atoms with Crippen LogP contribution >= 0.6 is 11.6 Å². The van der Waals surface area contributed by atoms with Crippen molar-refractivity contribution in [1.29, 1.82) is 0 Å². The predicted molar refractivity (Wildman–Crippen MR) is 243 cm³/mol. The van der Waals surface area contributed by atoms with Gasteiger partial charge >= 0.3 is 5.97 Å². The highest BCUT2D eigenvalue weighted by atomic mass is 35.5. The SMILES string of the molecule is Cc1cc(-c2cccc(CNC(=O)CCCOc3ccc4c(c3)C3(CCC(Nc5cccc(Cl)c5)(C(=O)O)CC3)[C@@H](C[C@@H](C)COc3ccnc5c3[C@H](C)CCC5)C4)c2)cnn1. The number of benzene rings is 3. The molecular weight excluding hydrogens is 798 g/mol. The largest absolute Gasteiger partial charge is 0.494 e. The van der Waals surface area contributed by atoms with Gasteiger partial charge in [0.25, 0.3) is 0 Å². The molecule has 62 heavy (non-hydrogen) atoms. The number of carbonyl (C=O) groups excluding carboxylic acids is 1. The summed E-state index contributed by atoms with van der Waals surface area (Å²) in [5, 5.41) is 25.9. The molecule has 2 heterocycles. The third-order valence-corrected chi connectivity index (χ3v) is 13.8. The Morgan fingerprint density at radius 1 is 0.984 bits per heavy atom. The molecule has 1 spiro atoms. The van der Waals surface area contributed by atoms with Crippen LogP contribution in [-0.4, -0.2) is 50.9 Å². The summed E-state index contributed by atoms with van der Waals surface area (Å²) in [5.74, 6) is 1.90. The molecule has 0 bridgehead atoms. The van der Waals surface area contributed by atoms with Gasteiger partial charge in [-0.1, -0.05) is 55.8 Å². The number of nitrogens with zero attached hydrogens (tertiary/aromatic N) is 3. The minimum Gasteiger partial charge on any atom is -0.494 e. The van der Waals surface area contributed by atoms with Gasteiger partial charge in [0.1, 0.15) is 17.0 Å². The summed E-state index contributed by atoms with van der Waals surface area (Å²) in [6.07, 6.45) is 12.1. The van der Waals surface area contributed by atoms with Crippen LogP contribution in [0, 0.1) is 18.8 Å². The Morgan fingerprint density at radius 2 is 1.82 bits per heavy atom. The van der Waals surface area contributed by atoms with Gasteiger partial charge in [0.15, 0.2) is 0 Å². The number of nitrogens with one attached hydrogen (secondary N) is 2. The Morgan fingerprint density at radius 3 is 2.63 bits per heavy atom. The van der Waals surface area contributed by atoms with E-state index < -0.39 is 11.5 Å². The van der Waals surface area contributed by atoms with Gasteiger partial charge in [0.2, 0.25) is 5.91 Å². The zero-order valence-corrected chi connectivity index (χ0v) is 36.8. The van der Waals surface area contributed by atoms with Gasteiger partial charge in [-0.15, -0.1) is 0 Å². The lowest BCUT2D eigenvalue weighted by atomic mass is 9.59. The minimum absolute atomic E-state index is 0.0249. The number of hydrogen-bond donors (Lipinski definition) is 3.